The van der Waals surface area contributed by atoms with Crippen LogP contribution in [0, 0.1) is 17.3 Å². The van der Waals surface area contributed by atoms with E-state index in [1.165, 1.54) is 11.3 Å². The minimum absolute atomic E-state index is 0.169. The van der Waals surface area contributed by atoms with Gasteiger partial charge in [0, 0.05) is 11.6 Å². The van der Waals surface area contributed by atoms with Crippen LogP contribution in [0.2, 0.25) is 0 Å². The standard InChI is InChI=1S/C19H32N4O4S/c1-7-14(23(27)11-24)13(10-12(2)3)16(25)21-15(19(4,5)6)17(26)22-18-20-8-9-28-18/h8-9,11-15,27H,7,10H2,1-6H3,(H,21,25)(H,20,22,26)/t13-,14+,15-/m1/s1. The number of nitrogens with one attached hydrogen (secondary N) is 2. The summed E-state index contributed by atoms with van der Waals surface area (Å²) in [6.45, 7) is 11.3. The summed E-state index contributed by atoms with van der Waals surface area (Å²) in [4.78, 5) is 41.0. The Hall–Kier alpha value is -2.00. The van der Waals surface area contributed by atoms with Crippen LogP contribution in [0.1, 0.15) is 54.4 Å². The van der Waals surface area contributed by atoms with Crippen LogP contribution in [0.25, 0.3) is 0 Å². The van der Waals surface area contributed by atoms with E-state index in [-0.39, 0.29) is 17.7 Å². The van der Waals surface area contributed by atoms with Gasteiger partial charge in [-0.2, -0.15) is 0 Å². The molecule has 0 unspecified atom stereocenters. The summed E-state index contributed by atoms with van der Waals surface area (Å²) in [7, 11) is 0. The first kappa shape index (κ1) is 24.0. The highest BCUT2D eigenvalue weighted by molar-refractivity contribution is 7.13. The molecular weight excluding hydrogens is 380 g/mol. The summed E-state index contributed by atoms with van der Waals surface area (Å²) in [6.07, 6.45) is 2.78. The molecule has 1 heterocycles. The summed E-state index contributed by atoms with van der Waals surface area (Å²) in [5, 5.41) is 18.3. The SMILES string of the molecule is CC[C@@H]([C@@H](CC(C)C)C(=O)N[C@H](C(=O)Nc1nccs1)C(C)(C)C)N(O)C=O. The highest BCUT2D eigenvalue weighted by Gasteiger charge is 2.38. The fraction of sp³-hybridized carbons (Fsp3) is 0.684. The van der Waals surface area contributed by atoms with E-state index in [0.29, 0.717) is 29.4 Å². The summed E-state index contributed by atoms with van der Waals surface area (Å²) >= 11 is 1.29. The molecule has 158 valence electrons. The third-order valence-corrected chi connectivity index (χ3v) is 5.16. The topological polar surface area (TPSA) is 112 Å². The van der Waals surface area contributed by atoms with E-state index in [2.05, 4.69) is 15.6 Å². The van der Waals surface area contributed by atoms with Gasteiger partial charge in [-0.15, -0.1) is 11.3 Å². The molecule has 0 bridgehead atoms. The third-order valence-electron chi connectivity index (χ3n) is 4.47. The van der Waals surface area contributed by atoms with Crippen LogP contribution < -0.4 is 10.6 Å². The Morgan fingerprint density at radius 2 is 1.96 bits per heavy atom. The first-order valence-electron chi connectivity index (χ1n) is 9.44. The molecule has 1 aromatic heterocycles. The fourth-order valence-corrected chi connectivity index (χ4v) is 3.60. The first-order valence-corrected chi connectivity index (χ1v) is 10.3. The average Bonchev–Trinajstić information content (AvgIpc) is 3.10. The lowest BCUT2D eigenvalue weighted by atomic mass is 9.84. The Kier molecular flexibility index (Phi) is 9.03. The van der Waals surface area contributed by atoms with Gasteiger partial charge >= 0.3 is 0 Å². The molecule has 8 nitrogen and oxygen atoms in total. The molecule has 3 atom stereocenters. The zero-order valence-electron chi connectivity index (χ0n) is 17.4. The number of nitrogens with zero attached hydrogens (tertiary/aromatic N) is 2. The number of carbonyl (C=O) groups is 3. The molecule has 0 aliphatic rings. The van der Waals surface area contributed by atoms with Crippen LogP contribution in [0.15, 0.2) is 11.6 Å². The molecule has 0 aliphatic heterocycles. The van der Waals surface area contributed by atoms with E-state index in [0.717, 1.165) is 0 Å². The van der Waals surface area contributed by atoms with Crippen molar-refractivity contribution in [3.8, 4) is 0 Å². The zero-order valence-corrected chi connectivity index (χ0v) is 18.2. The van der Waals surface area contributed by atoms with Crippen LogP contribution in [0.3, 0.4) is 0 Å². The maximum absolute atomic E-state index is 13.1. The first-order chi connectivity index (χ1) is 13.0. The molecule has 0 fully saturated rings. The van der Waals surface area contributed by atoms with Crippen molar-refractivity contribution < 1.29 is 19.6 Å². The third kappa shape index (κ3) is 6.87. The van der Waals surface area contributed by atoms with Gasteiger partial charge in [-0.1, -0.05) is 41.5 Å². The smallest absolute Gasteiger partial charge is 0.249 e. The fourth-order valence-electron chi connectivity index (χ4n) is 3.07. The lowest BCUT2D eigenvalue weighted by molar-refractivity contribution is -0.169. The maximum Gasteiger partial charge on any atom is 0.249 e. The molecule has 1 rings (SSSR count). The van der Waals surface area contributed by atoms with E-state index in [1.54, 1.807) is 18.5 Å². The van der Waals surface area contributed by atoms with E-state index >= 15 is 0 Å². The second-order valence-electron chi connectivity index (χ2n) is 8.33. The molecule has 0 spiro atoms. The van der Waals surface area contributed by atoms with Crippen molar-refractivity contribution in [3.05, 3.63) is 11.6 Å². The lowest BCUT2D eigenvalue weighted by Crippen LogP contribution is -2.55. The number of thiazole rings is 1. The summed E-state index contributed by atoms with van der Waals surface area (Å²) in [5.41, 5.74) is -0.551. The predicted octanol–water partition coefficient (Wildman–Crippen LogP) is 2.90. The maximum atomic E-state index is 13.1. The predicted molar refractivity (Wildman–Crippen MR) is 109 cm³/mol. The monoisotopic (exact) mass is 412 g/mol. The molecular formula is C19H32N4O4S. The number of hydrogen-bond donors (Lipinski definition) is 3. The zero-order chi connectivity index (χ0) is 21.5. The van der Waals surface area contributed by atoms with Crippen molar-refractivity contribution in [1.29, 1.82) is 0 Å². The van der Waals surface area contributed by atoms with Crippen molar-refractivity contribution >= 4 is 34.7 Å². The normalized spacial score (nSPS) is 14.9. The Bertz CT molecular complexity index is 643. The van der Waals surface area contributed by atoms with E-state index in [4.69, 9.17) is 0 Å². The molecule has 28 heavy (non-hydrogen) atoms. The van der Waals surface area contributed by atoms with E-state index in [9.17, 15) is 19.6 Å². The molecule has 0 saturated carbocycles. The second kappa shape index (κ2) is 10.5. The van der Waals surface area contributed by atoms with Gasteiger partial charge < -0.3 is 10.6 Å². The Labute approximate surface area is 170 Å². The van der Waals surface area contributed by atoms with Gasteiger partial charge in [0.1, 0.15) is 6.04 Å². The van der Waals surface area contributed by atoms with E-state index in [1.807, 2.05) is 34.6 Å². The number of hydrogen-bond acceptors (Lipinski definition) is 6. The molecule has 3 amide bonds. The van der Waals surface area contributed by atoms with Crippen molar-refractivity contribution in [2.45, 2.75) is 66.5 Å². The van der Waals surface area contributed by atoms with Gasteiger partial charge in [0.15, 0.2) is 5.13 Å². The van der Waals surface area contributed by atoms with Crippen molar-refractivity contribution in [2.75, 3.05) is 5.32 Å². The molecule has 0 aromatic carbocycles. The van der Waals surface area contributed by atoms with Crippen molar-refractivity contribution in [1.82, 2.24) is 15.4 Å². The average molecular weight is 413 g/mol. The van der Waals surface area contributed by atoms with Crippen molar-refractivity contribution in [2.24, 2.45) is 17.3 Å². The van der Waals surface area contributed by atoms with Gasteiger partial charge in [-0.05, 0) is 24.2 Å². The number of anilines is 1. The molecule has 0 radical (unpaired) electrons. The lowest BCUT2D eigenvalue weighted by Gasteiger charge is -2.34. The van der Waals surface area contributed by atoms with Crippen LogP contribution in [-0.2, 0) is 14.4 Å². The summed E-state index contributed by atoms with van der Waals surface area (Å²) in [5.74, 6) is -1.20. The van der Waals surface area contributed by atoms with Gasteiger partial charge in [-0.25, -0.2) is 10.0 Å². The van der Waals surface area contributed by atoms with Crippen molar-refractivity contribution in [3.63, 3.8) is 0 Å². The number of aromatic nitrogens is 1. The Balaban J connectivity index is 3.06. The molecule has 0 aliphatic carbocycles. The molecule has 3 N–H and O–H groups in total. The quantitative estimate of drug-likeness (QED) is 0.311. The summed E-state index contributed by atoms with van der Waals surface area (Å²) < 4.78 is 0. The largest absolute Gasteiger partial charge is 0.343 e. The van der Waals surface area contributed by atoms with Crippen LogP contribution in [0.5, 0.6) is 0 Å². The Morgan fingerprint density at radius 3 is 2.39 bits per heavy atom. The minimum Gasteiger partial charge on any atom is -0.343 e. The van der Waals surface area contributed by atoms with Gasteiger partial charge in [0.05, 0.1) is 12.0 Å². The van der Waals surface area contributed by atoms with Crippen LogP contribution >= 0.6 is 11.3 Å². The molecule has 0 saturated heterocycles. The minimum atomic E-state index is -0.806. The van der Waals surface area contributed by atoms with E-state index < -0.39 is 23.4 Å². The second-order valence-corrected chi connectivity index (χ2v) is 9.23. The van der Waals surface area contributed by atoms with Gasteiger partial charge in [0.25, 0.3) is 0 Å². The van der Waals surface area contributed by atoms with Gasteiger partial charge in [0.2, 0.25) is 18.2 Å². The number of rotatable bonds is 10. The number of amides is 3. The summed E-state index contributed by atoms with van der Waals surface area (Å²) in [6, 6.07) is -1.47. The highest BCUT2D eigenvalue weighted by Crippen LogP contribution is 2.25. The van der Waals surface area contributed by atoms with Crippen LogP contribution in [0.4, 0.5) is 5.13 Å². The van der Waals surface area contributed by atoms with Gasteiger partial charge in [-0.3, -0.25) is 19.6 Å². The Morgan fingerprint density at radius 1 is 1.32 bits per heavy atom. The number of carbonyl (C=O) groups excluding carboxylic acids is 3. The number of hydroxylamine groups is 2. The highest BCUT2D eigenvalue weighted by atomic mass is 32.1. The van der Waals surface area contributed by atoms with Crippen LogP contribution in [-0.4, -0.2) is 45.6 Å². The molecule has 9 heteroatoms. The molecule has 1 aromatic rings.